The van der Waals surface area contributed by atoms with Crippen LogP contribution in [-0.2, 0) is 0 Å². The van der Waals surface area contributed by atoms with Crippen molar-refractivity contribution in [3.63, 3.8) is 0 Å². The number of rotatable bonds is 7. The van der Waals surface area contributed by atoms with Crippen molar-refractivity contribution in [2.24, 2.45) is 0 Å². The summed E-state index contributed by atoms with van der Waals surface area (Å²) in [4.78, 5) is 8.95. The highest BCUT2D eigenvalue weighted by Gasteiger charge is 2.29. The summed E-state index contributed by atoms with van der Waals surface area (Å²) >= 11 is 3.69. The Balaban J connectivity index is 1.58. The maximum atomic E-state index is 13.1. The van der Waals surface area contributed by atoms with Gasteiger partial charge in [0.15, 0.2) is 6.80 Å². The first-order valence-electron chi connectivity index (χ1n) is 11.0. The van der Waals surface area contributed by atoms with E-state index in [4.69, 9.17) is 0 Å². The van der Waals surface area contributed by atoms with E-state index in [2.05, 4.69) is 78.4 Å². The van der Waals surface area contributed by atoms with Crippen molar-refractivity contribution in [2.45, 2.75) is 35.9 Å². The monoisotopic (exact) mass is 470 g/mol. The van der Waals surface area contributed by atoms with E-state index in [-0.39, 0.29) is 5.37 Å². The molecule has 0 bridgehead atoms. The second-order valence-electron chi connectivity index (χ2n) is 7.94. The first-order chi connectivity index (χ1) is 15.5. The maximum absolute atomic E-state index is 13.1. The van der Waals surface area contributed by atoms with Crippen LogP contribution in [0.3, 0.4) is 0 Å². The lowest BCUT2D eigenvalue weighted by molar-refractivity contribution is 0.491. The molecule has 170 valence electrons. The van der Waals surface area contributed by atoms with Gasteiger partial charge < -0.3 is 20.0 Å². The molecule has 4 rings (SSSR count). The molecule has 0 saturated carbocycles. The summed E-state index contributed by atoms with van der Waals surface area (Å²) in [5.74, 6) is 0. The van der Waals surface area contributed by atoms with Crippen molar-refractivity contribution in [3.8, 4) is 0 Å². The van der Waals surface area contributed by atoms with E-state index in [1.807, 2.05) is 36.6 Å². The summed E-state index contributed by atoms with van der Waals surface area (Å²) in [6.45, 7) is 7.91. The third-order valence-electron chi connectivity index (χ3n) is 5.86. The normalized spacial score (nSPS) is 18.9. The highest BCUT2D eigenvalue weighted by atomic mass is 32.2. The Bertz CT molecular complexity index is 1050. The summed E-state index contributed by atoms with van der Waals surface area (Å²) in [6.07, 6.45) is 4.64. The van der Waals surface area contributed by atoms with Gasteiger partial charge in [0.2, 0.25) is 0 Å². The lowest BCUT2D eigenvalue weighted by Gasteiger charge is -2.24. The highest BCUT2D eigenvalue weighted by molar-refractivity contribution is 8.03. The molecule has 7 heteroatoms. The Kier molecular flexibility index (Phi) is 6.96. The average molecular weight is 471 g/mol. The zero-order chi connectivity index (χ0) is 22.8. The van der Waals surface area contributed by atoms with Crippen molar-refractivity contribution in [2.75, 3.05) is 54.0 Å². The molecule has 0 radical (unpaired) electrons. The van der Waals surface area contributed by atoms with Crippen LogP contribution in [0.5, 0.6) is 0 Å². The molecule has 1 unspecified atom stereocenters. The second-order valence-corrected chi connectivity index (χ2v) is 10.2. The molecule has 0 spiro atoms. The quantitative estimate of drug-likeness (QED) is 0.448. The molecular formula is C25H31FN4S2. The summed E-state index contributed by atoms with van der Waals surface area (Å²) in [6, 6.07) is 12.8. The number of halogens is 1. The number of allylic oxidation sites excluding steroid dienone is 2. The third-order valence-corrected chi connectivity index (χ3v) is 8.20. The van der Waals surface area contributed by atoms with E-state index in [1.165, 1.54) is 31.8 Å². The Labute approximate surface area is 199 Å². The number of nitrogens with one attached hydrogen (secondary N) is 1. The summed E-state index contributed by atoms with van der Waals surface area (Å²) < 4.78 is 13.1. The van der Waals surface area contributed by atoms with E-state index in [9.17, 15) is 4.39 Å². The van der Waals surface area contributed by atoms with Crippen LogP contribution in [0.2, 0.25) is 0 Å². The molecule has 2 aromatic carbocycles. The number of likely N-dealkylation sites (N-methyl/N-ethyl adjacent to an activating group) is 1. The molecule has 0 saturated heterocycles. The van der Waals surface area contributed by atoms with Crippen LogP contribution in [0.15, 0.2) is 68.9 Å². The van der Waals surface area contributed by atoms with Crippen molar-refractivity contribution >= 4 is 46.3 Å². The van der Waals surface area contributed by atoms with Gasteiger partial charge in [-0.1, -0.05) is 23.5 Å². The number of benzene rings is 2. The largest absolute Gasteiger partial charge is 0.388 e. The summed E-state index contributed by atoms with van der Waals surface area (Å²) in [5, 5.41) is 4.74. The Hall–Kier alpha value is -2.25. The van der Waals surface area contributed by atoms with Crippen LogP contribution >= 0.6 is 23.5 Å². The molecule has 2 aromatic rings. The number of hydrogen-bond acceptors (Lipinski definition) is 6. The highest BCUT2D eigenvalue weighted by Crippen LogP contribution is 2.48. The molecule has 0 aliphatic carbocycles. The fourth-order valence-corrected chi connectivity index (χ4v) is 6.69. The molecule has 2 heterocycles. The van der Waals surface area contributed by atoms with Gasteiger partial charge in [0.05, 0.1) is 21.8 Å². The molecule has 4 nitrogen and oxygen atoms in total. The first-order valence-corrected chi connectivity index (χ1v) is 12.7. The Morgan fingerprint density at radius 2 is 1.91 bits per heavy atom. The lowest BCUT2D eigenvalue weighted by atomic mass is 10.2. The van der Waals surface area contributed by atoms with Crippen molar-refractivity contribution in [1.29, 1.82) is 0 Å². The minimum atomic E-state index is -0.488. The van der Waals surface area contributed by atoms with Crippen molar-refractivity contribution < 1.29 is 4.39 Å². The number of anilines is 4. The number of thioether (sulfide) groups is 2. The Morgan fingerprint density at radius 3 is 2.59 bits per heavy atom. The van der Waals surface area contributed by atoms with Crippen LogP contribution in [0, 0.1) is 0 Å². The summed E-state index contributed by atoms with van der Waals surface area (Å²) in [5.41, 5.74) is 5.75. The first kappa shape index (κ1) is 22.9. The SMILES string of the molecule is CCN1/C(=C/C(C)=C/C2Sc3ccc(N(C)CF)cc3N2CC)Sc2ccc(NC)cc21. The van der Waals surface area contributed by atoms with Crippen LogP contribution in [0.1, 0.15) is 20.8 Å². The topological polar surface area (TPSA) is 21.8 Å². The van der Waals surface area contributed by atoms with Gasteiger partial charge in [0.25, 0.3) is 0 Å². The van der Waals surface area contributed by atoms with E-state index in [0.717, 1.165) is 24.5 Å². The smallest absolute Gasteiger partial charge is 0.161 e. The number of nitrogens with zero attached hydrogens (tertiary/aromatic N) is 3. The second kappa shape index (κ2) is 9.71. The van der Waals surface area contributed by atoms with Crippen molar-refractivity contribution in [1.82, 2.24) is 0 Å². The number of fused-ring (bicyclic) bond motifs is 2. The molecule has 1 atom stereocenters. The fourth-order valence-electron chi connectivity index (χ4n) is 4.10. The molecule has 0 aromatic heterocycles. The van der Waals surface area contributed by atoms with Gasteiger partial charge in [-0.2, -0.15) is 0 Å². The zero-order valence-corrected chi connectivity index (χ0v) is 21.0. The predicted octanol–water partition coefficient (Wildman–Crippen LogP) is 6.77. The third kappa shape index (κ3) is 4.33. The van der Waals surface area contributed by atoms with E-state index < -0.39 is 6.80 Å². The Morgan fingerprint density at radius 1 is 1.12 bits per heavy atom. The van der Waals surface area contributed by atoms with Crippen LogP contribution in [0.25, 0.3) is 0 Å². The molecule has 2 aliphatic rings. The van der Waals surface area contributed by atoms with Gasteiger partial charge in [-0.15, -0.1) is 0 Å². The minimum Gasteiger partial charge on any atom is -0.388 e. The number of hydrogen-bond donors (Lipinski definition) is 1. The lowest BCUT2D eigenvalue weighted by Crippen LogP contribution is -2.27. The number of alkyl halides is 1. The van der Waals surface area contributed by atoms with Crippen molar-refractivity contribution in [3.05, 3.63) is 59.2 Å². The standard InChI is InChI=1S/C25H31FN4S2/c1-6-29-20-14-18(27-4)8-10-22(20)31-24(29)12-17(3)13-25-30(7-2)21-15-19(28(5)16-26)9-11-23(21)32-25/h8-15,25,27H,6-7,16H2,1-5H3/b17-13+,24-12-. The molecule has 32 heavy (non-hydrogen) atoms. The van der Waals surface area contributed by atoms with Gasteiger partial charge >= 0.3 is 0 Å². The molecule has 1 N–H and O–H groups in total. The van der Waals surface area contributed by atoms with Crippen LogP contribution < -0.4 is 20.0 Å². The van der Waals surface area contributed by atoms with Gasteiger partial charge in [-0.05, 0) is 74.9 Å². The molecular weight excluding hydrogens is 439 g/mol. The maximum Gasteiger partial charge on any atom is 0.161 e. The zero-order valence-electron chi connectivity index (χ0n) is 19.4. The summed E-state index contributed by atoms with van der Waals surface area (Å²) in [7, 11) is 3.74. The molecule has 2 aliphatic heterocycles. The van der Waals surface area contributed by atoms with E-state index in [0.29, 0.717) is 0 Å². The fraction of sp³-hybridized carbons (Fsp3) is 0.360. The molecule has 0 amide bonds. The average Bonchev–Trinajstić information content (AvgIpc) is 3.33. The van der Waals surface area contributed by atoms with E-state index in [1.54, 1.807) is 11.9 Å². The minimum absolute atomic E-state index is 0.234. The van der Waals surface area contributed by atoms with Gasteiger partial charge in [0.1, 0.15) is 0 Å². The predicted molar refractivity (Wildman–Crippen MR) is 140 cm³/mol. The van der Waals surface area contributed by atoms with E-state index >= 15 is 0 Å². The van der Waals surface area contributed by atoms with Crippen LogP contribution in [-0.4, -0.2) is 39.4 Å². The van der Waals surface area contributed by atoms with Gasteiger partial charge in [0, 0.05) is 48.4 Å². The molecule has 0 fully saturated rings. The van der Waals surface area contributed by atoms with Gasteiger partial charge in [-0.25, -0.2) is 4.39 Å². The van der Waals surface area contributed by atoms with Gasteiger partial charge in [-0.3, -0.25) is 0 Å². The van der Waals surface area contributed by atoms with Crippen LogP contribution in [0.4, 0.5) is 27.1 Å².